The lowest BCUT2D eigenvalue weighted by Gasteiger charge is -2.34. The molecule has 0 aliphatic rings. The Labute approximate surface area is 151 Å². The van der Waals surface area contributed by atoms with E-state index in [4.69, 9.17) is 18.4 Å². The molecule has 0 amide bonds. The van der Waals surface area contributed by atoms with Gasteiger partial charge in [0.05, 0.1) is 43.2 Å². The van der Waals surface area contributed by atoms with E-state index in [0.717, 1.165) is 6.42 Å². The summed E-state index contributed by atoms with van der Waals surface area (Å²) < 4.78 is 34.6. The predicted octanol–water partition coefficient (Wildman–Crippen LogP) is 3.72. The summed E-state index contributed by atoms with van der Waals surface area (Å²) in [7, 11) is 0. The van der Waals surface area contributed by atoms with Crippen molar-refractivity contribution in [2.45, 2.75) is 98.4 Å². The van der Waals surface area contributed by atoms with Crippen molar-refractivity contribution in [3.05, 3.63) is 0 Å². The van der Waals surface area contributed by atoms with Gasteiger partial charge < -0.3 is 14.2 Å². The number of rotatable bonds is 13. The minimum Gasteiger partial charge on any atom is -0.376 e. The van der Waals surface area contributed by atoms with Crippen LogP contribution in [-0.4, -0.2) is 53.7 Å². The predicted molar refractivity (Wildman–Crippen MR) is 99.5 cm³/mol. The van der Waals surface area contributed by atoms with Crippen LogP contribution in [0.5, 0.6) is 0 Å². The van der Waals surface area contributed by atoms with Crippen LogP contribution in [-0.2, 0) is 29.5 Å². The fourth-order valence-electron chi connectivity index (χ4n) is 2.66. The molecule has 0 aromatic rings. The van der Waals surface area contributed by atoms with E-state index in [2.05, 4.69) is 13.8 Å². The Morgan fingerprint density at radius 1 is 0.750 bits per heavy atom. The first-order chi connectivity index (χ1) is 11.0. The third-order valence-corrected chi connectivity index (χ3v) is 4.00. The second-order valence-electron chi connectivity index (χ2n) is 7.22. The standard InChI is InChI=1S/C18H38O5S/c1-12(2)21-15(7)10-17(22-13(3)4)16(8)18(23-14(5)6)11-20-24(9)19/h12-18H,10-11H2,1-9H3/t15-,16-,17-,18-,24?/m0/s1. The Morgan fingerprint density at radius 3 is 1.62 bits per heavy atom. The summed E-state index contributed by atoms with van der Waals surface area (Å²) in [6.45, 7) is 16.6. The molecule has 5 atom stereocenters. The van der Waals surface area contributed by atoms with Gasteiger partial charge in [-0.05, 0) is 54.9 Å². The van der Waals surface area contributed by atoms with Gasteiger partial charge in [-0.15, -0.1) is 0 Å². The molecular weight excluding hydrogens is 328 g/mol. The van der Waals surface area contributed by atoms with E-state index >= 15 is 0 Å². The SMILES string of the molecule is CC(C)O[C@@H](COS(C)=O)[C@@H](C)[C@H](C[C@H](C)OC(C)C)OC(C)C. The van der Waals surface area contributed by atoms with Gasteiger partial charge in [0.2, 0.25) is 0 Å². The normalized spacial score (nSPS) is 18.8. The quantitative estimate of drug-likeness (QED) is 0.497. The summed E-state index contributed by atoms with van der Waals surface area (Å²) in [5.74, 6) is 0.0940. The van der Waals surface area contributed by atoms with Crippen LogP contribution in [0.4, 0.5) is 0 Å². The average Bonchev–Trinajstić information content (AvgIpc) is 2.39. The molecule has 0 aromatic heterocycles. The zero-order valence-electron chi connectivity index (χ0n) is 16.9. The molecule has 0 N–H and O–H groups in total. The van der Waals surface area contributed by atoms with Gasteiger partial charge >= 0.3 is 0 Å². The summed E-state index contributed by atoms with van der Waals surface area (Å²) in [5.41, 5.74) is 0. The molecule has 24 heavy (non-hydrogen) atoms. The van der Waals surface area contributed by atoms with Crippen LogP contribution in [0.3, 0.4) is 0 Å². The van der Waals surface area contributed by atoms with Gasteiger partial charge in [-0.3, -0.25) is 4.18 Å². The molecule has 1 unspecified atom stereocenters. The van der Waals surface area contributed by atoms with E-state index in [0.29, 0.717) is 6.61 Å². The molecule has 0 aliphatic heterocycles. The van der Waals surface area contributed by atoms with Crippen LogP contribution in [0.25, 0.3) is 0 Å². The van der Waals surface area contributed by atoms with Gasteiger partial charge in [0.1, 0.15) is 0 Å². The lowest BCUT2D eigenvalue weighted by atomic mass is 9.93. The van der Waals surface area contributed by atoms with Crippen molar-refractivity contribution >= 4 is 11.1 Å². The van der Waals surface area contributed by atoms with Crippen molar-refractivity contribution in [2.75, 3.05) is 12.9 Å². The van der Waals surface area contributed by atoms with Gasteiger partial charge in [-0.25, -0.2) is 4.21 Å². The van der Waals surface area contributed by atoms with Gasteiger partial charge in [-0.1, -0.05) is 6.92 Å². The molecule has 0 radical (unpaired) electrons. The van der Waals surface area contributed by atoms with Crippen LogP contribution in [0, 0.1) is 5.92 Å². The topological polar surface area (TPSA) is 54.0 Å². The molecule has 0 aliphatic carbocycles. The number of hydrogen-bond donors (Lipinski definition) is 0. The van der Waals surface area contributed by atoms with Crippen LogP contribution in [0.1, 0.15) is 61.8 Å². The zero-order valence-corrected chi connectivity index (χ0v) is 17.7. The summed E-state index contributed by atoms with van der Waals surface area (Å²) in [4.78, 5) is 0. The van der Waals surface area contributed by atoms with E-state index in [9.17, 15) is 4.21 Å². The first-order valence-corrected chi connectivity index (χ1v) is 10.4. The van der Waals surface area contributed by atoms with Crippen molar-refractivity contribution < 1.29 is 22.6 Å². The molecule has 0 aromatic carbocycles. The van der Waals surface area contributed by atoms with Crippen LogP contribution in [0.2, 0.25) is 0 Å². The minimum atomic E-state index is -1.31. The highest BCUT2D eigenvalue weighted by atomic mass is 32.2. The Morgan fingerprint density at radius 2 is 1.21 bits per heavy atom. The fraction of sp³-hybridized carbons (Fsp3) is 1.00. The molecule has 0 spiro atoms. The van der Waals surface area contributed by atoms with Crippen LogP contribution < -0.4 is 0 Å². The maximum atomic E-state index is 11.3. The van der Waals surface area contributed by atoms with Crippen molar-refractivity contribution in [3.63, 3.8) is 0 Å². The van der Waals surface area contributed by atoms with Crippen molar-refractivity contribution in [1.29, 1.82) is 0 Å². The Balaban J connectivity index is 5.02. The van der Waals surface area contributed by atoms with E-state index < -0.39 is 11.1 Å². The molecule has 0 heterocycles. The molecule has 6 heteroatoms. The molecule has 5 nitrogen and oxygen atoms in total. The highest BCUT2D eigenvalue weighted by Gasteiger charge is 2.31. The highest BCUT2D eigenvalue weighted by molar-refractivity contribution is 7.79. The van der Waals surface area contributed by atoms with Crippen molar-refractivity contribution in [1.82, 2.24) is 0 Å². The molecule has 0 saturated heterocycles. The second kappa shape index (κ2) is 12.4. The van der Waals surface area contributed by atoms with E-state index in [1.807, 2.05) is 41.5 Å². The average molecular weight is 367 g/mol. The molecule has 0 bridgehead atoms. The first kappa shape index (κ1) is 24.0. The first-order valence-electron chi connectivity index (χ1n) is 8.95. The largest absolute Gasteiger partial charge is 0.376 e. The summed E-state index contributed by atoms with van der Waals surface area (Å²) in [6.07, 6.45) is 2.57. The third kappa shape index (κ3) is 11.5. The molecule has 0 fully saturated rings. The molecule has 0 saturated carbocycles. The fourth-order valence-corrected chi connectivity index (χ4v) is 2.98. The van der Waals surface area contributed by atoms with E-state index in [1.165, 1.54) is 6.26 Å². The Hall–Kier alpha value is -0.0100. The van der Waals surface area contributed by atoms with Gasteiger partial charge in [0.25, 0.3) is 0 Å². The highest BCUT2D eigenvalue weighted by Crippen LogP contribution is 2.24. The summed E-state index contributed by atoms with van der Waals surface area (Å²) >= 11 is -1.31. The van der Waals surface area contributed by atoms with Crippen molar-refractivity contribution in [2.24, 2.45) is 5.92 Å². The summed E-state index contributed by atoms with van der Waals surface area (Å²) in [6, 6.07) is 0. The van der Waals surface area contributed by atoms with Gasteiger partial charge in [0, 0.05) is 12.2 Å². The second-order valence-corrected chi connectivity index (χ2v) is 8.26. The third-order valence-electron chi connectivity index (χ3n) is 3.53. The number of hydrogen-bond acceptors (Lipinski definition) is 5. The van der Waals surface area contributed by atoms with Crippen LogP contribution >= 0.6 is 0 Å². The van der Waals surface area contributed by atoms with Gasteiger partial charge in [-0.2, -0.15) is 0 Å². The zero-order chi connectivity index (χ0) is 18.9. The molecular formula is C18H38O5S. The Bertz CT molecular complexity index is 346. The Kier molecular flexibility index (Phi) is 12.4. The maximum absolute atomic E-state index is 11.3. The van der Waals surface area contributed by atoms with Gasteiger partial charge in [0.15, 0.2) is 11.1 Å². The number of ether oxygens (including phenoxy) is 3. The van der Waals surface area contributed by atoms with E-state index in [1.54, 1.807) is 0 Å². The maximum Gasteiger partial charge on any atom is 0.152 e. The summed E-state index contributed by atoms with van der Waals surface area (Å²) in [5, 5.41) is 0. The smallest absolute Gasteiger partial charge is 0.152 e. The van der Waals surface area contributed by atoms with E-state index in [-0.39, 0.29) is 42.5 Å². The lowest BCUT2D eigenvalue weighted by molar-refractivity contribution is -0.119. The monoisotopic (exact) mass is 366 g/mol. The van der Waals surface area contributed by atoms with Crippen molar-refractivity contribution in [3.8, 4) is 0 Å². The molecule has 0 rings (SSSR count). The lowest BCUT2D eigenvalue weighted by Crippen LogP contribution is -2.41. The molecule has 146 valence electrons. The minimum absolute atomic E-state index is 0.0172. The van der Waals surface area contributed by atoms with Crippen LogP contribution in [0.15, 0.2) is 0 Å².